The van der Waals surface area contributed by atoms with Crippen molar-refractivity contribution in [1.82, 2.24) is 10.1 Å². The van der Waals surface area contributed by atoms with E-state index in [4.69, 9.17) is 20.9 Å². The van der Waals surface area contributed by atoms with E-state index in [-0.39, 0.29) is 0 Å². The third kappa shape index (κ3) is 3.46. The lowest BCUT2D eigenvalue weighted by molar-refractivity contribution is 0.415. The smallest absolute Gasteiger partial charge is 0.257 e. The third-order valence-electron chi connectivity index (χ3n) is 3.41. The summed E-state index contributed by atoms with van der Waals surface area (Å²) >= 11 is 6.11. The molecule has 23 heavy (non-hydrogen) atoms. The molecule has 0 aliphatic rings. The maximum atomic E-state index is 6.11. The van der Waals surface area contributed by atoms with E-state index in [1.807, 2.05) is 43.3 Å². The van der Waals surface area contributed by atoms with Gasteiger partial charge in [0.1, 0.15) is 5.75 Å². The van der Waals surface area contributed by atoms with Crippen molar-refractivity contribution in [1.29, 1.82) is 0 Å². The van der Waals surface area contributed by atoms with Crippen molar-refractivity contribution < 1.29 is 9.26 Å². The second-order valence-corrected chi connectivity index (χ2v) is 5.44. The highest BCUT2D eigenvalue weighted by Crippen LogP contribution is 2.31. The van der Waals surface area contributed by atoms with Crippen molar-refractivity contribution in [3.8, 4) is 17.2 Å². The molecule has 1 N–H and O–H groups in total. The van der Waals surface area contributed by atoms with E-state index in [0.717, 1.165) is 16.8 Å². The molecular weight excluding hydrogens is 314 g/mol. The van der Waals surface area contributed by atoms with E-state index in [2.05, 4.69) is 15.5 Å². The van der Waals surface area contributed by atoms with E-state index in [1.54, 1.807) is 13.2 Å². The van der Waals surface area contributed by atoms with Gasteiger partial charge in [0.25, 0.3) is 5.89 Å². The van der Waals surface area contributed by atoms with Gasteiger partial charge in [0.15, 0.2) is 5.82 Å². The van der Waals surface area contributed by atoms with Crippen LogP contribution in [0.5, 0.6) is 5.75 Å². The first-order valence-corrected chi connectivity index (χ1v) is 7.51. The molecule has 6 heteroatoms. The number of benzene rings is 2. The van der Waals surface area contributed by atoms with Crippen LogP contribution in [0.1, 0.15) is 11.4 Å². The largest absolute Gasteiger partial charge is 0.495 e. The summed E-state index contributed by atoms with van der Waals surface area (Å²) in [6, 6.07) is 13.4. The molecule has 0 amide bonds. The standard InChI is InChI=1S/C17H16ClN3O2/c1-11-8-14(15(22-2)9-13(11)18)19-10-16-20-17(23-21-16)12-6-4-3-5-7-12/h3-9,19H,10H2,1-2H3. The van der Waals surface area contributed by atoms with E-state index >= 15 is 0 Å². The maximum Gasteiger partial charge on any atom is 0.257 e. The number of anilines is 1. The van der Waals surface area contributed by atoms with Gasteiger partial charge >= 0.3 is 0 Å². The molecule has 3 rings (SSSR count). The van der Waals surface area contributed by atoms with Crippen molar-refractivity contribution in [2.45, 2.75) is 13.5 Å². The highest BCUT2D eigenvalue weighted by atomic mass is 35.5. The highest BCUT2D eigenvalue weighted by molar-refractivity contribution is 6.31. The minimum Gasteiger partial charge on any atom is -0.495 e. The molecule has 5 nitrogen and oxygen atoms in total. The quantitative estimate of drug-likeness (QED) is 0.755. The van der Waals surface area contributed by atoms with Crippen LogP contribution in [0.25, 0.3) is 11.5 Å². The number of aryl methyl sites for hydroxylation is 1. The average molecular weight is 330 g/mol. The lowest BCUT2D eigenvalue weighted by Gasteiger charge is -2.11. The van der Waals surface area contributed by atoms with Gasteiger partial charge in [0.2, 0.25) is 0 Å². The summed E-state index contributed by atoms with van der Waals surface area (Å²) in [5, 5.41) is 7.90. The van der Waals surface area contributed by atoms with Crippen LogP contribution in [-0.2, 0) is 6.54 Å². The summed E-state index contributed by atoms with van der Waals surface area (Å²) < 4.78 is 10.6. The summed E-state index contributed by atoms with van der Waals surface area (Å²) in [7, 11) is 1.61. The number of methoxy groups -OCH3 is 1. The molecule has 0 spiro atoms. The van der Waals surface area contributed by atoms with Crippen LogP contribution in [0.4, 0.5) is 5.69 Å². The Kier molecular flexibility index (Phi) is 4.48. The summed E-state index contributed by atoms with van der Waals surface area (Å²) in [6.45, 7) is 2.36. The molecule has 0 radical (unpaired) electrons. The van der Waals surface area contributed by atoms with E-state index in [9.17, 15) is 0 Å². The Morgan fingerprint density at radius 2 is 2.00 bits per heavy atom. The van der Waals surface area contributed by atoms with Crippen molar-refractivity contribution in [3.05, 3.63) is 58.9 Å². The summed E-state index contributed by atoms with van der Waals surface area (Å²) in [6.07, 6.45) is 0. The molecule has 0 atom stereocenters. The minimum absolute atomic E-state index is 0.424. The normalized spacial score (nSPS) is 10.6. The predicted octanol–water partition coefficient (Wildman–Crippen LogP) is 4.32. The second kappa shape index (κ2) is 6.71. The molecule has 118 valence electrons. The molecule has 2 aromatic carbocycles. The van der Waals surface area contributed by atoms with Gasteiger partial charge in [-0.05, 0) is 30.7 Å². The van der Waals surface area contributed by atoms with Crippen LogP contribution in [0, 0.1) is 6.92 Å². The van der Waals surface area contributed by atoms with Crippen molar-refractivity contribution in [2.24, 2.45) is 0 Å². The number of nitrogens with zero attached hydrogens (tertiary/aromatic N) is 2. The van der Waals surface area contributed by atoms with Gasteiger partial charge in [0, 0.05) is 16.7 Å². The van der Waals surface area contributed by atoms with Crippen molar-refractivity contribution >= 4 is 17.3 Å². The molecule has 0 saturated carbocycles. The van der Waals surface area contributed by atoms with Gasteiger partial charge < -0.3 is 14.6 Å². The zero-order valence-corrected chi connectivity index (χ0v) is 13.6. The topological polar surface area (TPSA) is 60.2 Å². The average Bonchev–Trinajstić information content (AvgIpc) is 3.05. The molecule has 0 saturated heterocycles. The zero-order valence-electron chi connectivity index (χ0n) is 12.8. The Morgan fingerprint density at radius 3 is 2.74 bits per heavy atom. The fourth-order valence-corrected chi connectivity index (χ4v) is 2.32. The molecule has 0 bridgehead atoms. The van der Waals surface area contributed by atoms with Crippen LogP contribution < -0.4 is 10.1 Å². The SMILES string of the molecule is COc1cc(Cl)c(C)cc1NCc1noc(-c2ccccc2)n1. The van der Waals surface area contributed by atoms with Crippen LogP contribution in [0.2, 0.25) is 5.02 Å². The number of hydrogen-bond acceptors (Lipinski definition) is 5. The number of aromatic nitrogens is 2. The fourth-order valence-electron chi connectivity index (χ4n) is 2.17. The molecule has 1 heterocycles. The van der Waals surface area contributed by atoms with Gasteiger partial charge in [-0.2, -0.15) is 4.98 Å². The Morgan fingerprint density at radius 1 is 1.22 bits per heavy atom. The van der Waals surface area contributed by atoms with Crippen LogP contribution >= 0.6 is 11.6 Å². The molecular formula is C17H16ClN3O2. The fraction of sp³-hybridized carbons (Fsp3) is 0.176. The summed E-state index contributed by atoms with van der Waals surface area (Å²) in [4.78, 5) is 4.38. The first-order chi connectivity index (χ1) is 11.2. The van der Waals surface area contributed by atoms with Crippen LogP contribution in [-0.4, -0.2) is 17.3 Å². The van der Waals surface area contributed by atoms with Gasteiger partial charge in [-0.15, -0.1) is 0 Å². The number of halogens is 1. The lowest BCUT2D eigenvalue weighted by Crippen LogP contribution is -2.03. The van der Waals surface area contributed by atoms with Gasteiger partial charge in [-0.1, -0.05) is 35.0 Å². The third-order valence-corrected chi connectivity index (χ3v) is 3.81. The highest BCUT2D eigenvalue weighted by Gasteiger charge is 2.10. The second-order valence-electron chi connectivity index (χ2n) is 5.04. The van der Waals surface area contributed by atoms with Gasteiger partial charge in [0.05, 0.1) is 19.3 Å². The van der Waals surface area contributed by atoms with Gasteiger partial charge in [-0.3, -0.25) is 0 Å². The molecule has 0 unspecified atom stereocenters. The summed E-state index contributed by atoms with van der Waals surface area (Å²) in [5.74, 6) is 1.74. The Balaban J connectivity index is 1.74. The zero-order chi connectivity index (χ0) is 16.2. The first-order valence-electron chi connectivity index (χ1n) is 7.13. The van der Waals surface area contributed by atoms with E-state index in [1.165, 1.54) is 0 Å². The van der Waals surface area contributed by atoms with E-state index in [0.29, 0.717) is 29.0 Å². The number of ether oxygens (including phenoxy) is 1. The predicted molar refractivity (Wildman–Crippen MR) is 89.8 cm³/mol. The maximum absolute atomic E-state index is 6.11. The summed E-state index contributed by atoms with van der Waals surface area (Å²) in [5.41, 5.74) is 2.69. The Labute approximate surface area is 139 Å². The molecule has 0 aliphatic heterocycles. The Hall–Kier alpha value is -2.53. The van der Waals surface area contributed by atoms with Crippen LogP contribution in [0.15, 0.2) is 47.0 Å². The van der Waals surface area contributed by atoms with Gasteiger partial charge in [-0.25, -0.2) is 0 Å². The number of nitrogens with one attached hydrogen (secondary N) is 1. The van der Waals surface area contributed by atoms with Crippen LogP contribution in [0.3, 0.4) is 0 Å². The molecule has 3 aromatic rings. The minimum atomic E-state index is 0.424. The molecule has 0 fully saturated rings. The first kappa shape index (κ1) is 15.4. The number of rotatable bonds is 5. The van der Waals surface area contributed by atoms with Crippen molar-refractivity contribution in [3.63, 3.8) is 0 Å². The van der Waals surface area contributed by atoms with E-state index < -0.39 is 0 Å². The monoisotopic (exact) mass is 329 g/mol. The molecule has 0 aliphatic carbocycles. The van der Waals surface area contributed by atoms with Crippen molar-refractivity contribution in [2.75, 3.05) is 12.4 Å². The molecule has 1 aromatic heterocycles. The number of hydrogen-bond donors (Lipinski definition) is 1. The lowest BCUT2D eigenvalue weighted by atomic mass is 10.2. The Bertz CT molecular complexity index is 803.